The number of aromatic nitrogens is 5. The molecule has 10 heteroatoms. The first-order valence-corrected chi connectivity index (χ1v) is 13.3. The molecule has 0 radical (unpaired) electrons. The van der Waals surface area contributed by atoms with Gasteiger partial charge in [0.2, 0.25) is 11.8 Å². The molecule has 0 spiro atoms. The molecule has 1 atom stereocenters. The van der Waals surface area contributed by atoms with Crippen LogP contribution >= 0.6 is 11.6 Å². The zero-order chi connectivity index (χ0) is 26.4. The number of rotatable bonds is 7. The van der Waals surface area contributed by atoms with E-state index >= 15 is 0 Å². The lowest BCUT2D eigenvalue weighted by molar-refractivity contribution is -0.123. The van der Waals surface area contributed by atoms with Crippen molar-refractivity contribution in [3.63, 3.8) is 0 Å². The highest BCUT2D eigenvalue weighted by Crippen LogP contribution is 2.41. The standard InChI is InChI=1S/C28H30ClN7O2/c1-17-6-10-31-19(12-17)15-36-24(34-23-25(36)32-16-33-27(23)38-28(2)8-9-28)21-5-4-20(13-22(21)29)35-11-7-18(14-35)26(37)30-3/h4-6,10,12-13,16,18H,7-9,11,14-15H2,1-3H3,(H,30,37)/t18-/m0/s1. The molecular weight excluding hydrogens is 502 g/mol. The number of halogens is 1. The molecule has 4 aromatic rings. The fourth-order valence-electron chi connectivity index (χ4n) is 5.00. The monoisotopic (exact) mass is 531 g/mol. The highest BCUT2D eigenvalue weighted by molar-refractivity contribution is 6.33. The van der Waals surface area contributed by atoms with Gasteiger partial charge in [0, 0.05) is 37.6 Å². The third-order valence-corrected chi connectivity index (χ3v) is 7.76. The van der Waals surface area contributed by atoms with Crippen molar-refractivity contribution in [2.75, 3.05) is 25.0 Å². The smallest absolute Gasteiger partial charge is 0.245 e. The number of carbonyl (C=O) groups excluding carboxylic acids is 1. The average Bonchev–Trinajstić information content (AvgIpc) is 3.28. The second-order valence-corrected chi connectivity index (χ2v) is 10.9. The first-order valence-electron chi connectivity index (χ1n) is 12.9. The van der Waals surface area contributed by atoms with Gasteiger partial charge in [0.25, 0.3) is 0 Å². The number of aryl methyl sites for hydroxylation is 1. The van der Waals surface area contributed by atoms with E-state index in [-0.39, 0.29) is 17.4 Å². The van der Waals surface area contributed by atoms with Crippen molar-refractivity contribution in [3.8, 4) is 17.3 Å². The molecule has 1 aromatic carbocycles. The summed E-state index contributed by atoms with van der Waals surface area (Å²) in [6.07, 6.45) is 6.13. The van der Waals surface area contributed by atoms with Gasteiger partial charge in [-0.3, -0.25) is 9.78 Å². The van der Waals surface area contributed by atoms with Crippen LogP contribution in [0.4, 0.5) is 5.69 Å². The number of amides is 1. The minimum Gasteiger partial charge on any atom is -0.470 e. The fourth-order valence-corrected chi connectivity index (χ4v) is 5.26. The summed E-state index contributed by atoms with van der Waals surface area (Å²) in [6.45, 7) is 6.07. The van der Waals surface area contributed by atoms with E-state index in [1.165, 1.54) is 6.33 Å². The van der Waals surface area contributed by atoms with Gasteiger partial charge in [0.15, 0.2) is 11.2 Å². The number of hydrogen-bond acceptors (Lipinski definition) is 7. The Bertz CT molecular complexity index is 1530. The molecule has 2 fully saturated rings. The van der Waals surface area contributed by atoms with Crippen molar-refractivity contribution in [3.05, 3.63) is 59.1 Å². The van der Waals surface area contributed by atoms with Crippen LogP contribution < -0.4 is 15.0 Å². The normalized spacial score (nSPS) is 18.1. The molecule has 2 aliphatic rings. The summed E-state index contributed by atoms with van der Waals surface area (Å²) in [4.78, 5) is 32.9. The van der Waals surface area contributed by atoms with Gasteiger partial charge in [-0.1, -0.05) is 11.6 Å². The number of anilines is 1. The number of nitrogens with zero attached hydrogens (tertiary/aromatic N) is 6. The molecule has 1 aliphatic heterocycles. The van der Waals surface area contributed by atoms with Crippen molar-refractivity contribution in [1.29, 1.82) is 0 Å². The second-order valence-electron chi connectivity index (χ2n) is 10.5. The van der Waals surface area contributed by atoms with E-state index < -0.39 is 0 Å². The fraction of sp³-hybridized carbons (Fsp3) is 0.393. The molecular formula is C28H30ClN7O2. The quantitative estimate of drug-likeness (QED) is 0.377. The van der Waals surface area contributed by atoms with E-state index in [1.54, 1.807) is 7.05 Å². The van der Waals surface area contributed by atoms with Crippen LogP contribution in [0, 0.1) is 12.8 Å². The first-order chi connectivity index (χ1) is 18.3. The summed E-state index contributed by atoms with van der Waals surface area (Å²) in [5, 5.41) is 3.33. The minimum atomic E-state index is -0.203. The number of ether oxygens (including phenoxy) is 1. The van der Waals surface area contributed by atoms with Crippen LogP contribution in [0.5, 0.6) is 5.88 Å². The SMILES string of the molecule is CNC(=O)[C@H]1CCN(c2ccc(-c3nc4c(OC5(C)CC5)ncnc4n3Cc3cc(C)ccn3)c(Cl)c2)C1. The topological polar surface area (TPSA) is 98.1 Å². The average molecular weight is 532 g/mol. The Labute approximate surface area is 226 Å². The number of pyridine rings is 1. The van der Waals surface area contributed by atoms with Crippen LogP contribution in [0.3, 0.4) is 0 Å². The Balaban J connectivity index is 1.41. The van der Waals surface area contributed by atoms with E-state index in [9.17, 15) is 4.79 Å². The Hall–Kier alpha value is -3.72. The van der Waals surface area contributed by atoms with Crippen molar-refractivity contribution < 1.29 is 9.53 Å². The summed E-state index contributed by atoms with van der Waals surface area (Å²) in [6, 6.07) is 10.0. The minimum absolute atomic E-state index is 0.0187. The summed E-state index contributed by atoms with van der Waals surface area (Å²) >= 11 is 6.91. The zero-order valence-corrected chi connectivity index (χ0v) is 22.5. The van der Waals surface area contributed by atoms with Crippen LogP contribution in [0.15, 0.2) is 42.9 Å². The van der Waals surface area contributed by atoms with E-state index in [0.717, 1.165) is 48.3 Å². The van der Waals surface area contributed by atoms with Gasteiger partial charge >= 0.3 is 0 Å². The van der Waals surface area contributed by atoms with Crippen LogP contribution in [0.1, 0.15) is 37.4 Å². The molecule has 1 amide bonds. The highest BCUT2D eigenvalue weighted by atomic mass is 35.5. The van der Waals surface area contributed by atoms with Crippen molar-refractivity contribution in [1.82, 2.24) is 29.8 Å². The Morgan fingerprint density at radius 2 is 2.05 bits per heavy atom. The van der Waals surface area contributed by atoms with Gasteiger partial charge in [-0.2, -0.15) is 4.98 Å². The van der Waals surface area contributed by atoms with Crippen LogP contribution in [0.2, 0.25) is 5.02 Å². The Morgan fingerprint density at radius 1 is 1.21 bits per heavy atom. The lowest BCUT2D eigenvalue weighted by atomic mass is 10.1. The predicted octanol–water partition coefficient (Wildman–Crippen LogP) is 4.40. The Morgan fingerprint density at radius 3 is 2.79 bits per heavy atom. The van der Waals surface area contributed by atoms with E-state index in [2.05, 4.69) is 38.2 Å². The molecule has 1 aliphatic carbocycles. The molecule has 1 saturated carbocycles. The number of imidazole rings is 1. The van der Waals surface area contributed by atoms with Crippen molar-refractivity contribution >= 4 is 34.4 Å². The Kier molecular flexibility index (Phi) is 6.18. The lowest BCUT2D eigenvalue weighted by Gasteiger charge is -2.19. The van der Waals surface area contributed by atoms with Crippen LogP contribution in [-0.4, -0.2) is 56.1 Å². The number of nitrogens with one attached hydrogen (secondary N) is 1. The summed E-state index contributed by atoms with van der Waals surface area (Å²) in [5.74, 6) is 1.22. The maximum atomic E-state index is 12.1. The van der Waals surface area contributed by atoms with Crippen molar-refractivity contribution in [2.45, 2.75) is 45.3 Å². The molecule has 0 unspecified atom stereocenters. The first kappa shape index (κ1) is 24.6. The molecule has 1 saturated heterocycles. The third-order valence-electron chi connectivity index (χ3n) is 7.45. The molecule has 6 rings (SSSR count). The molecule has 3 aromatic heterocycles. The lowest BCUT2D eigenvalue weighted by Crippen LogP contribution is -2.30. The van der Waals surface area contributed by atoms with Gasteiger partial charge in [0.1, 0.15) is 17.8 Å². The van der Waals surface area contributed by atoms with Gasteiger partial charge in [-0.15, -0.1) is 0 Å². The van der Waals surface area contributed by atoms with E-state index in [4.69, 9.17) is 21.3 Å². The molecule has 38 heavy (non-hydrogen) atoms. The number of benzene rings is 1. The number of carbonyl (C=O) groups is 1. The van der Waals surface area contributed by atoms with Gasteiger partial charge in [-0.25, -0.2) is 9.97 Å². The van der Waals surface area contributed by atoms with Gasteiger partial charge in [-0.05, 0) is 69.0 Å². The van der Waals surface area contributed by atoms with Crippen LogP contribution in [0.25, 0.3) is 22.6 Å². The van der Waals surface area contributed by atoms with E-state index in [1.807, 2.05) is 42.0 Å². The molecule has 0 bridgehead atoms. The molecule has 1 N–H and O–H groups in total. The van der Waals surface area contributed by atoms with E-state index in [0.29, 0.717) is 41.0 Å². The van der Waals surface area contributed by atoms with Crippen LogP contribution in [-0.2, 0) is 11.3 Å². The van der Waals surface area contributed by atoms with Crippen molar-refractivity contribution in [2.24, 2.45) is 5.92 Å². The van der Waals surface area contributed by atoms with Gasteiger partial charge in [0.05, 0.1) is 23.2 Å². The maximum Gasteiger partial charge on any atom is 0.245 e. The number of hydrogen-bond donors (Lipinski definition) is 1. The second kappa shape index (κ2) is 9.54. The summed E-state index contributed by atoms with van der Waals surface area (Å²) < 4.78 is 8.27. The number of fused-ring (bicyclic) bond motifs is 1. The zero-order valence-electron chi connectivity index (χ0n) is 21.7. The predicted molar refractivity (Wildman–Crippen MR) is 146 cm³/mol. The highest BCUT2D eigenvalue weighted by Gasteiger charge is 2.41. The molecule has 196 valence electrons. The summed E-state index contributed by atoms with van der Waals surface area (Å²) in [7, 11) is 1.68. The summed E-state index contributed by atoms with van der Waals surface area (Å²) in [5.41, 5.74) is 4.87. The largest absolute Gasteiger partial charge is 0.470 e. The van der Waals surface area contributed by atoms with Gasteiger partial charge < -0.3 is 19.5 Å². The molecule has 9 nitrogen and oxygen atoms in total. The maximum absolute atomic E-state index is 12.1. The molecule has 4 heterocycles. The third kappa shape index (κ3) is 4.67.